The third kappa shape index (κ3) is 5.68. The average molecular weight is 494 g/mol. The Morgan fingerprint density at radius 3 is 2.26 bits per heavy atom. The van der Waals surface area contributed by atoms with Crippen molar-refractivity contribution in [2.45, 2.75) is 44.7 Å². The molecule has 0 saturated heterocycles. The predicted octanol–water partition coefficient (Wildman–Crippen LogP) is 4.73. The highest BCUT2D eigenvalue weighted by Crippen LogP contribution is 2.44. The Balaban J connectivity index is 1.23. The fourth-order valence-corrected chi connectivity index (χ4v) is 5.02. The first-order valence-electron chi connectivity index (χ1n) is 11.4. The average Bonchev–Trinajstić information content (AvgIpc) is 3.45. The summed E-state index contributed by atoms with van der Waals surface area (Å²) in [6.45, 7) is 3.80. The van der Waals surface area contributed by atoms with E-state index >= 15 is 0 Å². The maximum Gasteiger partial charge on any atom is 0.407 e. The summed E-state index contributed by atoms with van der Waals surface area (Å²) >= 11 is 1.19. The number of hydrogen-bond donors (Lipinski definition) is 3. The number of alkyl carbamates (subject to hydrolysis) is 1. The zero-order chi connectivity index (χ0) is 24.9. The van der Waals surface area contributed by atoms with Crippen LogP contribution < -0.4 is 10.6 Å². The molecular formula is C26H27N3O5S. The predicted molar refractivity (Wildman–Crippen MR) is 133 cm³/mol. The maximum absolute atomic E-state index is 12.4. The number of carboxylic acids is 1. The van der Waals surface area contributed by atoms with Crippen molar-refractivity contribution < 1.29 is 24.2 Å². The molecule has 0 bridgehead atoms. The lowest BCUT2D eigenvalue weighted by Gasteiger charge is -2.17. The normalized spacial score (nSPS) is 13.9. The second kappa shape index (κ2) is 10.7. The molecule has 0 saturated carbocycles. The molecule has 1 aliphatic rings. The minimum atomic E-state index is -1.10. The van der Waals surface area contributed by atoms with Gasteiger partial charge in [-0.25, -0.2) is 14.6 Å². The molecule has 1 heterocycles. The molecule has 1 aromatic heterocycles. The molecule has 2 atom stereocenters. The van der Waals surface area contributed by atoms with Crippen molar-refractivity contribution in [1.82, 2.24) is 15.6 Å². The van der Waals surface area contributed by atoms with E-state index < -0.39 is 18.1 Å². The number of ether oxygens (including phenoxy) is 1. The van der Waals surface area contributed by atoms with E-state index in [9.17, 15) is 14.4 Å². The number of aromatic carboxylic acids is 1. The summed E-state index contributed by atoms with van der Waals surface area (Å²) in [5.74, 6) is -1.31. The number of hydrogen-bond acceptors (Lipinski definition) is 6. The Bertz CT molecular complexity index is 1200. The Kier molecular flexibility index (Phi) is 7.45. The molecule has 2 aromatic carbocycles. The van der Waals surface area contributed by atoms with Crippen molar-refractivity contribution in [2.75, 3.05) is 6.61 Å². The smallest absolute Gasteiger partial charge is 0.407 e. The van der Waals surface area contributed by atoms with Gasteiger partial charge in [0.25, 0.3) is 0 Å². The summed E-state index contributed by atoms with van der Waals surface area (Å²) in [5.41, 5.74) is 4.60. The SMILES string of the molecule is CC(CCC(=O)NC(C)c1nc(C(=O)O)cs1)NC(=O)OCC1c2ccccc2-c2ccccc21. The molecule has 0 spiro atoms. The van der Waals surface area contributed by atoms with Crippen molar-refractivity contribution in [3.63, 3.8) is 0 Å². The van der Waals surface area contributed by atoms with E-state index in [0.29, 0.717) is 11.4 Å². The third-order valence-electron chi connectivity index (χ3n) is 6.00. The fraction of sp³-hybridized carbons (Fsp3) is 0.308. The maximum atomic E-state index is 12.4. The Morgan fingerprint density at radius 2 is 1.66 bits per heavy atom. The van der Waals surface area contributed by atoms with Gasteiger partial charge in [0, 0.05) is 23.8 Å². The van der Waals surface area contributed by atoms with E-state index in [2.05, 4.69) is 39.9 Å². The molecule has 2 amide bonds. The lowest BCUT2D eigenvalue weighted by atomic mass is 9.98. The summed E-state index contributed by atoms with van der Waals surface area (Å²) in [6, 6.07) is 15.6. The zero-order valence-corrected chi connectivity index (χ0v) is 20.3. The molecular weight excluding hydrogens is 466 g/mol. The van der Waals surface area contributed by atoms with Crippen molar-refractivity contribution in [3.8, 4) is 11.1 Å². The number of fused-ring (bicyclic) bond motifs is 3. The van der Waals surface area contributed by atoms with Crippen LogP contribution in [0.15, 0.2) is 53.9 Å². The van der Waals surface area contributed by atoms with Gasteiger partial charge in [-0.1, -0.05) is 48.5 Å². The second-order valence-electron chi connectivity index (χ2n) is 8.57. The van der Waals surface area contributed by atoms with E-state index in [0.717, 1.165) is 11.1 Å². The molecule has 35 heavy (non-hydrogen) atoms. The van der Waals surface area contributed by atoms with Crippen LogP contribution in [0, 0.1) is 0 Å². The van der Waals surface area contributed by atoms with Gasteiger partial charge in [0.05, 0.1) is 6.04 Å². The molecule has 0 radical (unpaired) electrons. The van der Waals surface area contributed by atoms with Crippen LogP contribution in [-0.4, -0.2) is 40.7 Å². The first-order chi connectivity index (χ1) is 16.8. The largest absolute Gasteiger partial charge is 0.476 e. The first kappa shape index (κ1) is 24.4. The zero-order valence-electron chi connectivity index (χ0n) is 19.5. The summed E-state index contributed by atoms with van der Waals surface area (Å²) in [5, 5.41) is 16.6. The molecule has 0 fully saturated rings. The van der Waals surface area contributed by atoms with Gasteiger partial charge in [0.2, 0.25) is 5.91 Å². The third-order valence-corrected chi connectivity index (χ3v) is 7.03. The van der Waals surface area contributed by atoms with Gasteiger partial charge in [0.1, 0.15) is 11.6 Å². The van der Waals surface area contributed by atoms with Crippen LogP contribution in [0.25, 0.3) is 11.1 Å². The van der Waals surface area contributed by atoms with Gasteiger partial charge < -0.3 is 20.5 Å². The Labute approximate surface area is 207 Å². The molecule has 182 valence electrons. The minimum Gasteiger partial charge on any atom is -0.476 e. The van der Waals surface area contributed by atoms with Crippen LogP contribution in [0.5, 0.6) is 0 Å². The highest BCUT2D eigenvalue weighted by molar-refractivity contribution is 7.09. The van der Waals surface area contributed by atoms with Crippen LogP contribution in [0.1, 0.15) is 65.3 Å². The monoisotopic (exact) mass is 493 g/mol. The number of thiazole rings is 1. The molecule has 3 aromatic rings. The number of carbonyl (C=O) groups is 3. The molecule has 9 heteroatoms. The minimum absolute atomic E-state index is 0.0109. The van der Waals surface area contributed by atoms with E-state index in [4.69, 9.17) is 9.84 Å². The number of nitrogens with zero attached hydrogens (tertiary/aromatic N) is 1. The molecule has 1 aliphatic carbocycles. The summed E-state index contributed by atoms with van der Waals surface area (Å²) in [7, 11) is 0. The number of benzene rings is 2. The molecule has 4 rings (SSSR count). The quantitative estimate of drug-likeness (QED) is 0.397. The lowest BCUT2D eigenvalue weighted by molar-refractivity contribution is -0.121. The summed E-state index contributed by atoms with van der Waals surface area (Å²) in [4.78, 5) is 39.7. The van der Waals surface area contributed by atoms with Gasteiger partial charge >= 0.3 is 12.1 Å². The second-order valence-corrected chi connectivity index (χ2v) is 9.46. The van der Waals surface area contributed by atoms with E-state index in [-0.39, 0.29) is 36.6 Å². The highest BCUT2D eigenvalue weighted by atomic mass is 32.1. The molecule has 0 aliphatic heterocycles. The van der Waals surface area contributed by atoms with Crippen LogP contribution in [0.2, 0.25) is 0 Å². The first-order valence-corrected chi connectivity index (χ1v) is 12.3. The van der Waals surface area contributed by atoms with E-state index in [1.54, 1.807) is 6.92 Å². The van der Waals surface area contributed by atoms with Crippen LogP contribution >= 0.6 is 11.3 Å². The number of amides is 2. The standard InChI is InChI=1S/C26H27N3O5S/c1-15(11-12-23(30)28-16(2)24-29-22(14-35-24)25(31)32)27-26(33)34-13-21-19-9-5-3-7-17(19)18-8-4-6-10-20(18)21/h3-10,14-16,21H,11-13H2,1-2H3,(H,27,33)(H,28,30)(H,31,32). The number of carbonyl (C=O) groups excluding carboxylic acids is 2. The highest BCUT2D eigenvalue weighted by Gasteiger charge is 2.29. The van der Waals surface area contributed by atoms with Crippen molar-refractivity contribution >= 4 is 29.3 Å². The number of carboxylic acid groups (broad SMARTS) is 1. The van der Waals surface area contributed by atoms with Crippen molar-refractivity contribution in [2.24, 2.45) is 0 Å². The lowest BCUT2D eigenvalue weighted by Crippen LogP contribution is -2.35. The van der Waals surface area contributed by atoms with Crippen LogP contribution in [0.4, 0.5) is 4.79 Å². The molecule has 3 N–H and O–H groups in total. The van der Waals surface area contributed by atoms with Crippen molar-refractivity contribution in [1.29, 1.82) is 0 Å². The van der Waals surface area contributed by atoms with Crippen LogP contribution in [0.3, 0.4) is 0 Å². The fourth-order valence-electron chi connectivity index (χ4n) is 4.22. The Hall–Kier alpha value is -3.72. The van der Waals surface area contributed by atoms with Crippen molar-refractivity contribution in [3.05, 3.63) is 75.7 Å². The van der Waals surface area contributed by atoms with E-state index in [1.165, 1.54) is 27.8 Å². The van der Waals surface area contributed by atoms with E-state index in [1.807, 2.05) is 31.2 Å². The van der Waals surface area contributed by atoms with Crippen LogP contribution in [-0.2, 0) is 9.53 Å². The van der Waals surface area contributed by atoms with Gasteiger partial charge in [-0.3, -0.25) is 4.79 Å². The molecule has 8 nitrogen and oxygen atoms in total. The number of rotatable bonds is 9. The Morgan fingerprint density at radius 1 is 1.03 bits per heavy atom. The number of aromatic nitrogens is 1. The topological polar surface area (TPSA) is 118 Å². The van der Waals surface area contributed by atoms with Gasteiger partial charge in [-0.2, -0.15) is 0 Å². The molecule has 2 unspecified atom stereocenters. The summed E-state index contributed by atoms with van der Waals surface area (Å²) < 4.78 is 5.56. The van der Waals surface area contributed by atoms with Gasteiger partial charge in [-0.05, 0) is 42.5 Å². The number of nitrogens with one attached hydrogen (secondary N) is 2. The van der Waals surface area contributed by atoms with Gasteiger partial charge in [-0.15, -0.1) is 11.3 Å². The van der Waals surface area contributed by atoms with Gasteiger partial charge in [0.15, 0.2) is 5.69 Å². The summed E-state index contributed by atoms with van der Waals surface area (Å²) in [6.07, 6.45) is 0.116.